The van der Waals surface area contributed by atoms with Gasteiger partial charge < -0.3 is 14.7 Å². The van der Waals surface area contributed by atoms with Gasteiger partial charge in [-0.05, 0) is 25.2 Å². The van der Waals surface area contributed by atoms with Crippen molar-refractivity contribution in [2.45, 2.75) is 26.2 Å². The molecule has 7 nitrogen and oxygen atoms in total. The van der Waals surface area contributed by atoms with E-state index >= 15 is 0 Å². The number of urea groups is 1. The average molecular weight is 272 g/mol. The molecule has 108 valence electrons. The van der Waals surface area contributed by atoms with E-state index < -0.39 is 31.1 Å². The van der Waals surface area contributed by atoms with Crippen LogP contribution < -0.4 is 5.32 Å². The second-order valence-corrected chi connectivity index (χ2v) is 4.63. The lowest BCUT2D eigenvalue weighted by molar-refractivity contribution is -0.143. The van der Waals surface area contributed by atoms with E-state index in [1.54, 1.807) is 4.90 Å². The number of ether oxygens (including phenoxy) is 1. The van der Waals surface area contributed by atoms with Gasteiger partial charge in [-0.25, -0.2) is 9.59 Å². The maximum atomic E-state index is 11.8. The Bertz CT molecular complexity index is 341. The van der Waals surface area contributed by atoms with Crippen molar-refractivity contribution in [2.24, 2.45) is 5.92 Å². The van der Waals surface area contributed by atoms with Crippen LogP contribution in [0.2, 0.25) is 0 Å². The van der Waals surface area contributed by atoms with Gasteiger partial charge in [-0.15, -0.1) is 0 Å². The fourth-order valence-electron chi connectivity index (χ4n) is 1.62. The molecule has 0 radical (unpaired) electrons. The maximum absolute atomic E-state index is 11.8. The van der Waals surface area contributed by atoms with Crippen molar-refractivity contribution >= 4 is 17.9 Å². The van der Waals surface area contributed by atoms with Gasteiger partial charge in [-0.1, -0.05) is 6.92 Å². The Kier molecular flexibility index (Phi) is 6.27. The highest BCUT2D eigenvalue weighted by Gasteiger charge is 2.26. The van der Waals surface area contributed by atoms with Crippen molar-refractivity contribution in [3.63, 3.8) is 0 Å². The van der Waals surface area contributed by atoms with Gasteiger partial charge in [0, 0.05) is 13.1 Å². The number of aliphatic carboxylic acids is 1. The third-order valence-corrected chi connectivity index (χ3v) is 2.66. The van der Waals surface area contributed by atoms with Crippen LogP contribution in [-0.4, -0.2) is 54.2 Å². The second kappa shape index (κ2) is 7.73. The molecule has 1 saturated carbocycles. The predicted molar refractivity (Wildman–Crippen MR) is 66.6 cm³/mol. The summed E-state index contributed by atoms with van der Waals surface area (Å²) in [6.07, 6.45) is 3.08. The van der Waals surface area contributed by atoms with Gasteiger partial charge in [-0.2, -0.15) is 0 Å². The van der Waals surface area contributed by atoms with Gasteiger partial charge >= 0.3 is 12.0 Å². The number of imide groups is 1. The SMILES string of the molecule is CCCN(CC1CC1)C(=O)NC(=O)COCC(=O)O. The number of carbonyl (C=O) groups is 3. The van der Waals surface area contributed by atoms with Crippen LogP contribution in [0.15, 0.2) is 0 Å². The first-order valence-corrected chi connectivity index (χ1v) is 6.41. The molecule has 0 aliphatic heterocycles. The molecule has 0 spiro atoms. The smallest absolute Gasteiger partial charge is 0.329 e. The van der Waals surface area contributed by atoms with Crippen LogP contribution in [0.25, 0.3) is 0 Å². The molecule has 0 atom stereocenters. The second-order valence-electron chi connectivity index (χ2n) is 4.63. The summed E-state index contributed by atoms with van der Waals surface area (Å²) in [6.45, 7) is 2.25. The number of hydrogen-bond acceptors (Lipinski definition) is 4. The summed E-state index contributed by atoms with van der Waals surface area (Å²) in [7, 11) is 0. The molecule has 0 aromatic carbocycles. The zero-order valence-electron chi connectivity index (χ0n) is 11.1. The summed E-state index contributed by atoms with van der Waals surface area (Å²) < 4.78 is 4.61. The van der Waals surface area contributed by atoms with E-state index in [0.29, 0.717) is 19.0 Å². The molecule has 0 aromatic rings. The maximum Gasteiger partial charge on any atom is 0.329 e. The Balaban J connectivity index is 2.28. The molecule has 1 aliphatic rings. The molecule has 0 saturated heterocycles. The molecule has 3 amide bonds. The monoisotopic (exact) mass is 272 g/mol. The lowest BCUT2D eigenvalue weighted by Gasteiger charge is -2.21. The van der Waals surface area contributed by atoms with Crippen molar-refractivity contribution < 1.29 is 24.2 Å². The van der Waals surface area contributed by atoms with Crippen molar-refractivity contribution in [3.8, 4) is 0 Å². The van der Waals surface area contributed by atoms with Gasteiger partial charge in [0.15, 0.2) is 0 Å². The first-order chi connectivity index (χ1) is 9.02. The number of carboxylic acid groups (broad SMARTS) is 1. The highest BCUT2D eigenvalue weighted by atomic mass is 16.5. The third kappa shape index (κ3) is 6.76. The molecule has 0 heterocycles. The quantitative estimate of drug-likeness (QED) is 0.668. The Hall–Kier alpha value is -1.63. The van der Waals surface area contributed by atoms with Gasteiger partial charge in [-0.3, -0.25) is 10.1 Å². The Morgan fingerprint density at radius 3 is 2.53 bits per heavy atom. The highest BCUT2D eigenvalue weighted by molar-refractivity contribution is 5.95. The first kappa shape index (κ1) is 15.4. The van der Waals surface area contributed by atoms with Crippen LogP contribution in [0.4, 0.5) is 4.79 Å². The fourth-order valence-corrected chi connectivity index (χ4v) is 1.62. The standard InChI is InChI=1S/C12H20N2O5/c1-2-5-14(6-9-3-4-9)12(18)13-10(15)7-19-8-11(16)17/h9H,2-8H2,1H3,(H,16,17)(H,13,15,18). The van der Waals surface area contributed by atoms with Crippen LogP contribution >= 0.6 is 0 Å². The van der Waals surface area contributed by atoms with Gasteiger partial charge in [0.1, 0.15) is 13.2 Å². The van der Waals surface area contributed by atoms with Gasteiger partial charge in [0.05, 0.1) is 0 Å². The lowest BCUT2D eigenvalue weighted by Crippen LogP contribution is -2.45. The molecule has 1 rings (SSSR count). The Morgan fingerprint density at radius 2 is 2.00 bits per heavy atom. The predicted octanol–water partition coefficient (Wildman–Crippen LogP) is 0.446. The van der Waals surface area contributed by atoms with E-state index in [1.165, 1.54) is 0 Å². The molecule has 7 heteroatoms. The average Bonchev–Trinajstić information content (AvgIpc) is 3.11. The Labute approximate surface area is 111 Å². The molecule has 1 fully saturated rings. The van der Waals surface area contributed by atoms with E-state index in [2.05, 4.69) is 10.1 Å². The number of nitrogens with one attached hydrogen (secondary N) is 1. The minimum absolute atomic E-state index is 0.429. The van der Waals surface area contributed by atoms with E-state index in [0.717, 1.165) is 19.3 Å². The minimum Gasteiger partial charge on any atom is -0.480 e. The van der Waals surface area contributed by atoms with Crippen molar-refractivity contribution in [1.29, 1.82) is 0 Å². The number of amides is 3. The topological polar surface area (TPSA) is 95.9 Å². The molecule has 0 aromatic heterocycles. The largest absolute Gasteiger partial charge is 0.480 e. The van der Waals surface area contributed by atoms with Crippen LogP contribution in [0.1, 0.15) is 26.2 Å². The lowest BCUT2D eigenvalue weighted by atomic mass is 10.3. The Morgan fingerprint density at radius 1 is 1.32 bits per heavy atom. The van der Waals surface area contributed by atoms with Crippen LogP contribution in [0.3, 0.4) is 0 Å². The van der Waals surface area contributed by atoms with Crippen molar-refractivity contribution in [2.75, 3.05) is 26.3 Å². The zero-order valence-corrected chi connectivity index (χ0v) is 11.1. The van der Waals surface area contributed by atoms with Gasteiger partial charge in [0.2, 0.25) is 0 Å². The number of carbonyl (C=O) groups excluding carboxylic acids is 2. The normalized spacial score (nSPS) is 13.9. The van der Waals surface area contributed by atoms with Crippen LogP contribution in [-0.2, 0) is 14.3 Å². The summed E-state index contributed by atoms with van der Waals surface area (Å²) in [5.41, 5.74) is 0. The third-order valence-electron chi connectivity index (χ3n) is 2.66. The van der Waals surface area contributed by atoms with E-state index in [1.807, 2.05) is 6.92 Å². The summed E-state index contributed by atoms with van der Waals surface area (Å²) in [6, 6.07) is -0.433. The molecular weight excluding hydrogens is 252 g/mol. The summed E-state index contributed by atoms with van der Waals surface area (Å²) in [5.74, 6) is -1.22. The number of rotatable bonds is 8. The molecular formula is C12H20N2O5. The van der Waals surface area contributed by atoms with Crippen molar-refractivity contribution in [3.05, 3.63) is 0 Å². The van der Waals surface area contributed by atoms with E-state index in [4.69, 9.17) is 5.11 Å². The number of nitrogens with zero attached hydrogens (tertiary/aromatic N) is 1. The zero-order chi connectivity index (χ0) is 14.3. The van der Waals surface area contributed by atoms with E-state index in [9.17, 15) is 14.4 Å². The molecule has 2 N–H and O–H groups in total. The molecule has 0 unspecified atom stereocenters. The van der Waals surface area contributed by atoms with Crippen LogP contribution in [0.5, 0.6) is 0 Å². The minimum atomic E-state index is -1.15. The summed E-state index contributed by atoms with van der Waals surface area (Å²) in [4.78, 5) is 35.0. The highest BCUT2D eigenvalue weighted by Crippen LogP contribution is 2.29. The summed E-state index contributed by atoms with van der Waals surface area (Å²) in [5, 5.41) is 10.5. The fraction of sp³-hybridized carbons (Fsp3) is 0.750. The summed E-state index contributed by atoms with van der Waals surface area (Å²) >= 11 is 0. The number of hydrogen-bond donors (Lipinski definition) is 2. The van der Waals surface area contributed by atoms with Gasteiger partial charge in [0.25, 0.3) is 5.91 Å². The van der Waals surface area contributed by atoms with Crippen LogP contribution in [0, 0.1) is 5.92 Å². The van der Waals surface area contributed by atoms with E-state index in [-0.39, 0.29) is 0 Å². The first-order valence-electron chi connectivity index (χ1n) is 6.41. The molecule has 1 aliphatic carbocycles. The number of carboxylic acids is 1. The van der Waals surface area contributed by atoms with Crippen molar-refractivity contribution in [1.82, 2.24) is 10.2 Å². The molecule has 0 bridgehead atoms. The molecule has 19 heavy (non-hydrogen) atoms.